The number of rotatable bonds is 4. The third kappa shape index (κ3) is 3.60. The zero-order valence-corrected chi connectivity index (χ0v) is 20.1. The molecule has 4 heteroatoms. The highest BCUT2D eigenvalue weighted by molar-refractivity contribution is 7.26. The third-order valence-electron chi connectivity index (χ3n) is 6.49. The summed E-state index contributed by atoms with van der Waals surface area (Å²) < 4.78 is 8.70. The molecule has 0 bridgehead atoms. The van der Waals surface area contributed by atoms with Crippen molar-refractivity contribution in [2.75, 3.05) is 0 Å². The van der Waals surface area contributed by atoms with Gasteiger partial charge in [-0.1, -0.05) is 91.0 Å². The highest BCUT2D eigenvalue weighted by Gasteiger charge is 2.13. The molecule has 170 valence electrons. The first-order chi connectivity index (χ1) is 17.8. The first kappa shape index (κ1) is 20.8. The van der Waals surface area contributed by atoms with Crippen molar-refractivity contribution in [1.29, 1.82) is 0 Å². The lowest BCUT2D eigenvalue weighted by Crippen LogP contribution is -1.81. The van der Waals surface area contributed by atoms with Gasteiger partial charge in [-0.3, -0.25) is 0 Å². The number of thiophene rings is 1. The van der Waals surface area contributed by atoms with E-state index >= 15 is 0 Å². The summed E-state index contributed by atoms with van der Waals surface area (Å²) in [6, 6.07) is 42.0. The van der Waals surface area contributed by atoms with E-state index in [2.05, 4.69) is 101 Å². The topological polar surface area (TPSA) is 38.9 Å². The molecular formula is C32H20N2OS. The first-order valence-corrected chi connectivity index (χ1v) is 12.7. The van der Waals surface area contributed by atoms with Gasteiger partial charge >= 0.3 is 0 Å². The Morgan fingerprint density at radius 2 is 1.11 bits per heavy atom. The Bertz CT molecular complexity index is 1830. The van der Waals surface area contributed by atoms with Crippen LogP contribution in [0.5, 0.6) is 0 Å². The van der Waals surface area contributed by atoms with Gasteiger partial charge in [0.2, 0.25) is 11.8 Å². The molecule has 7 rings (SSSR count). The van der Waals surface area contributed by atoms with Crippen LogP contribution < -0.4 is 0 Å². The van der Waals surface area contributed by atoms with Crippen molar-refractivity contribution in [3.05, 3.63) is 121 Å². The van der Waals surface area contributed by atoms with Crippen molar-refractivity contribution in [1.82, 2.24) is 10.2 Å². The summed E-state index contributed by atoms with van der Waals surface area (Å²) in [5.41, 5.74) is 6.50. The van der Waals surface area contributed by atoms with Gasteiger partial charge in [0.1, 0.15) is 0 Å². The van der Waals surface area contributed by atoms with Crippen molar-refractivity contribution in [2.45, 2.75) is 0 Å². The minimum atomic E-state index is 0.515. The standard InChI is InChI=1S/C32H20N2OS/c1-2-8-21(9-3-1)24-10-6-11-25(20-24)32-34-33-31(35-32)23-18-16-22(17-19-23)26-13-7-14-28-27-12-4-5-15-29(27)36-30(26)28/h1-20H. The van der Waals surface area contributed by atoms with Gasteiger partial charge in [0.15, 0.2) is 0 Å². The average molecular weight is 481 g/mol. The second kappa shape index (κ2) is 8.59. The van der Waals surface area contributed by atoms with Crippen molar-refractivity contribution in [3.63, 3.8) is 0 Å². The molecule has 0 fully saturated rings. The second-order valence-corrected chi connectivity index (χ2v) is 9.77. The number of hydrogen-bond acceptors (Lipinski definition) is 4. The van der Waals surface area contributed by atoms with Crippen LogP contribution in [0.1, 0.15) is 0 Å². The van der Waals surface area contributed by atoms with Crippen LogP contribution >= 0.6 is 11.3 Å². The summed E-state index contributed by atoms with van der Waals surface area (Å²) in [5.74, 6) is 1.03. The van der Waals surface area contributed by atoms with Crippen LogP contribution in [-0.2, 0) is 0 Å². The Hall–Kier alpha value is -4.54. The second-order valence-electron chi connectivity index (χ2n) is 8.72. The molecule has 7 aromatic rings. The fourth-order valence-corrected chi connectivity index (χ4v) is 5.92. The Kier molecular flexibility index (Phi) is 4.97. The predicted octanol–water partition coefficient (Wildman–Crippen LogP) is 9.11. The average Bonchev–Trinajstić information content (AvgIpc) is 3.59. The number of hydrogen-bond donors (Lipinski definition) is 0. The van der Waals surface area contributed by atoms with E-state index in [4.69, 9.17) is 4.42 Å². The van der Waals surface area contributed by atoms with Crippen LogP contribution in [0.2, 0.25) is 0 Å². The van der Waals surface area contributed by atoms with Gasteiger partial charge in [0.05, 0.1) is 0 Å². The van der Waals surface area contributed by atoms with E-state index in [1.807, 2.05) is 41.7 Å². The number of aromatic nitrogens is 2. The van der Waals surface area contributed by atoms with Gasteiger partial charge < -0.3 is 4.42 Å². The largest absolute Gasteiger partial charge is 0.416 e. The van der Waals surface area contributed by atoms with Crippen LogP contribution in [-0.4, -0.2) is 10.2 Å². The molecule has 0 unspecified atom stereocenters. The summed E-state index contributed by atoms with van der Waals surface area (Å²) >= 11 is 1.84. The highest BCUT2D eigenvalue weighted by Crippen LogP contribution is 2.40. The monoisotopic (exact) mass is 480 g/mol. The van der Waals surface area contributed by atoms with Gasteiger partial charge in [-0.25, -0.2) is 0 Å². The van der Waals surface area contributed by atoms with Crippen LogP contribution in [0.25, 0.3) is 65.3 Å². The van der Waals surface area contributed by atoms with Gasteiger partial charge in [0, 0.05) is 31.3 Å². The summed E-state index contributed by atoms with van der Waals surface area (Å²) in [7, 11) is 0. The van der Waals surface area contributed by atoms with Crippen molar-refractivity contribution in [2.24, 2.45) is 0 Å². The van der Waals surface area contributed by atoms with E-state index < -0.39 is 0 Å². The molecule has 0 spiro atoms. The maximum Gasteiger partial charge on any atom is 0.248 e. The SMILES string of the molecule is c1ccc(-c2cccc(-c3nnc(-c4ccc(-c5cccc6c5sc5ccccc56)cc4)o3)c2)cc1. The van der Waals surface area contributed by atoms with Crippen molar-refractivity contribution >= 4 is 31.5 Å². The lowest BCUT2D eigenvalue weighted by Gasteiger charge is -2.05. The fraction of sp³-hybridized carbons (Fsp3) is 0. The molecule has 0 aliphatic rings. The molecule has 0 saturated heterocycles. The summed E-state index contributed by atoms with van der Waals surface area (Å²) in [4.78, 5) is 0. The van der Waals surface area contributed by atoms with Crippen LogP contribution in [0, 0.1) is 0 Å². The Morgan fingerprint density at radius 1 is 0.472 bits per heavy atom. The van der Waals surface area contributed by atoms with Crippen molar-refractivity contribution < 1.29 is 4.42 Å². The van der Waals surface area contributed by atoms with E-state index in [0.717, 1.165) is 22.3 Å². The molecule has 5 aromatic carbocycles. The minimum Gasteiger partial charge on any atom is -0.416 e. The van der Waals surface area contributed by atoms with Crippen molar-refractivity contribution in [3.8, 4) is 45.2 Å². The molecule has 0 saturated carbocycles. The molecule has 36 heavy (non-hydrogen) atoms. The zero-order chi connectivity index (χ0) is 23.9. The zero-order valence-electron chi connectivity index (χ0n) is 19.3. The quantitative estimate of drug-likeness (QED) is 0.252. The molecule has 0 amide bonds. The number of nitrogens with zero attached hydrogens (tertiary/aromatic N) is 2. The molecule has 0 atom stereocenters. The van der Waals surface area contributed by atoms with Crippen LogP contribution in [0.4, 0.5) is 0 Å². The van der Waals surface area contributed by atoms with Gasteiger partial charge in [-0.15, -0.1) is 21.5 Å². The first-order valence-electron chi connectivity index (χ1n) is 11.8. The lowest BCUT2D eigenvalue weighted by molar-refractivity contribution is 0.584. The Labute approximate surface area is 212 Å². The molecule has 2 heterocycles. The number of benzene rings is 5. The lowest BCUT2D eigenvalue weighted by atomic mass is 10.0. The summed E-state index contributed by atoms with van der Waals surface area (Å²) in [6.07, 6.45) is 0. The maximum atomic E-state index is 6.08. The third-order valence-corrected chi connectivity index (χ3v) is 7.71. The highest BCUT2D eigenvalue weighted by atomic mass is 32.1. The van der Waals surface area contributed by atoms with Crippen LogP contribution in [0.3, 0.4) is 0 Å². The van der Waals surface area contributed by atoms with Crippen LogP contribution in [0.15, 0.2) is 126 Å². The van der Waals surface area contributed by atoms with E-state index in [1.54, 1.807) is 0 Å². The minimum absolute atomic E-state index is 0.515. The Morgan fingerprint density at radius 3 is 1.97 bits per heavy atom. The molecule has 0 aliphatic heterocycles. The summed E-state index contributed by atoms with van der Waals surface area (Å²) in [5, 5.41) is 11.3. The van der Waals surface area contributed by atoms with E-state index in [9.17, 15) is 0 Å². The fourth-order valence-electron chi connectivity index (χ4n) is 4.69. The summed E-state index contributed by atoms with van der Waals surface area (Å²) in [6.45, 7) is 0. The van der Waals surface area contributed by atoms with E-state index in [1.165, 1.54) is 31.3 Å². The maximum absolute atomic E-state index is 6.08. The normalized spacial score (nSPS) is 11.3. The molecule has 0 aliphatic carbocycles. The van der Waals surface area contributed by atoms with Gasteiger partial charge in [0.25, 0.3) is 0 Å². The molecule has 2 aromatic heterocycles. The molecule has 0 N–H and O–H groups in total. The van der Waals surface area contributed by atoms with E-state index in [-0.39, 0.29) is 0 Å². The molecular weight excluding hydrogens is 460 g/mol. The molecule has 0 radical (unpaired) electrons. The smallest absolute Gasteiger partial charge is 0.248 e. The molecule has 3 nitrogen and oxygen atoms in total. The Balaban J connectivity index is 1.21. The predicted molar refractivity (Wildman–Crippen MR) is 149 cm³/mol. The number of fused-ring (bicyclic) bond motifs is 3. The van der Waals surface area contributed by atoms with Gasteiger partial charge in [-0.05, 0) is 52.6 Å². The van der Waals surface area contributed by atoms with E-state index in [0.29, 0.717) is 11.8 Å². The van der Waals surface area contributed by atoms with Gasteiger partial charge in [-0.2, -0.15) is 0 Å².